The van der Waals surface area contributed by atoms with Crippen LogP contribution < -0.4 is 0 Å². The molecular formula is C15H20N4O6. The Morgan fingerprint density at radius 2 is 1.04 bits per heavy atom. The zero-order valence-electron chi connectivity index (χ0n) is 14.5. The number of rotatable bonds is 6. The van der Waals surface area contributed by atoms with E-state index < -0.39 is 35.0 Å². The zero-order chi connectivity index (χ0) is 19.2. The second-order valence-electron chi connectivity index (χ2n) is 6.85. The fourth-order valence-electron chi connectivity index (χ4n) is 2.92. The highest BCUT2D eigenvalue weighted by Gasteiger charge is 2.56. The Hall–Kier alpha value is -2.78. The molecule has 2 heterocycles. The van der Waals surface area contributed by atoms with E-state index in [0.29, 0.717) is 12.6 Å². The van der Waals surface area contributed by atoms with Gasteiger partial charge in [0.15, 0.2) is 0 Å². The molecule has 0 aliphatic carbocycles. The van der Waals surface area contributed by atoms with Crippen LogP contribution in [0, 0.1) is 0 Å². The monoisotopic (exact) mass is 352 g/mol. The van der Waals surface area contributed by atoms with Crippen molar-refractivity contribution in [1.82, 2.24) is 19.6 Å². The fourth-order valence-corrected chi connectivity index (χ4v) is 2.92. The van der Waals surface area contributed by atoms with Gasteiger partial charge in [0, 0.05) is 0 Å². The van der Waals surface area contributed by atoms with Gasteiger partial charge in [-0.3, -0.25) is 29.2 Å². The molecule has 0 aromatic heterocycles. The minimum atomic E-state index is -1.28. The summed E-state index contributed by atoms with van der Waals surface area (Å²) >= 11 is 0. The third-order valence-corrected chi connectivity index (χ3v) is 4.61. The van der Waals surface area contributed by atoms with Crippen molar-refractivity contribution in [3.05, 3.63) is 0 Å². The lowest BCUT2D eigenvalue weighted by Gasteiger charge is -2.35. The molecule has 0 spiro atoms. The van der Waals surface area contributed by atoms with Gasteiger partial charge in [-0.05, 0) is 27.7 Å². The van der Waals surface area contributed by atoms with Crippen LogP contribution in [0.3, 0.4) is 0 Å². The van der Waals surface area contributed by atoms with Crippen LogP contribution in [0.2, 0.25) is 0 Å². The van der Waals surface area contributed by atoms with Crippen molar-refractivity contribution in [1.29, 1.82) is 0 Å². The molecule has 2 fully saturated rings. The smallest absolute Gasteiger partial charge is 0.301 e. The molecule has 0 N–H and O–H groups in total. The molecule has 0 unspecified atom stereocenters. The van der Waals surface area contributed by atoms with Gasteiger partial charge >= 0.3 is 12.1 Å². The minimum absolute atomic E-state index is 0.320. The predicted molar refractivity (Wildman–Crippen MR) is 83.0 cm³/mol. The molecule has 10 nitrogen and oxygen atoms in total. The van der Waals surface area contributed by atoms with Gasteiger partial charge in [0.1, 0.15) is 30.3 Å². The second kappa shape index (κ2) is 5.94. The van der Waals surface area contributed by atoms with Crippen molar-refractivity contribution in [3.63, 3.8) is 0 Å². The Balaban J connectivity index is 2.34. The number of amides is 6. The average Bonchev–Trinajstić information content (AvgIpc) is 2.79. The summed E-state index contributed by atoms with van der Waals surface area (Å²) in [6, 6.07) is -1.43. The topological polar surface area (TPSA) is 115 Å². The SMILES string of the molecule is CC1(C)C(=O)N(CC=O)C(=O)N1CN1C(=O)N(CC=O)C(=O)C1(C)C. The standard InChI is InChI=1S/C15H20N4O6/c1-14(2)10(22)16(5-7-20)12(24)18(14)9-19-13(25)17(6-8-21)11(23)15(19,3)4/h7-8H,5-6,9H2,1-4H3. The predicted octanol–water partition coefficient (Wildman–Crippen LogP) is -0.573. The van der Waals surface area contributed by atoms with E-state index in [4.69, 9.17) is 0 Å². The lowest BCUT2D eigenvalue weighted by molar-refractivity contribution is -0.134. The molecule has 136 valence electrons. The van der Waals surface area contributed by atoms with E-state index in [0.717, 1.165) is 19.6 Å². The third kappa shape index (κ3) is 2.57. The number of hydrogen-bond donors (Lipinski definition) is 0. The van der Waals surface area contributed by atoms with Gasteiger partial charge in [0.25, 0.3) is 11.8 Å². The average molecular weight is 352 g/mol. The molecule has 2 aliphatic rings. The van der Waals surface area contributed by atoms with E-state index in [1.54, 1.807) is 0 Å². The Morgan fingerprint density at radius 3 is 1.32 bits per heavy atom. The van der Waals surface area contributed by atoms with Gasteiger partial charge in [-0.25, -0.2) is 9.59 Å². The summed E-state index contributed by atoms with van der Waals surface area (Å²) in [7, 11) is 0. The highest BCUT2D eigenvalue weighted by molar-refractivity contribution is 6.09. The number of imide groups is 2. The van der Waals surface area contributed by atoms with E-state index in [1.807, 2.05) is 0 Å². The largest absolute Gasteiger partial charge is 0.329 e. The van der Waals surface area contributed by atoms with Gasteiger partial charge in [0.05, 0.1) is 13.1 Å². The van der Waals surface area contributed by atoms with Crippen molar-refractivity contribution < 1.29 is 28.8 Å². The van der Waals surface area contributed by atoms with E-state index >= 15 is 0 Å². The van der Waals surface area contributed by atoms with Crippen LogP contribution in [0.5, 0.6) is 0 Å². The fraction of sp³-hybridized carbons (Fsp3) is 0.600. The summed E-state index contributed by atoms with van der Waals surface area (Å²) in [6.45, 7) is 4.90. The maximum absolute atomic E-state index is 12.5. The molecule has 10 heteroatoms. The molecule has 2 aliphatic heterocycles. The number of aldehydes is 2. The normalized spacial score (nSPS) is 22.2. The lowest BCUT2D eigenvalue weighted by Crippen LogP contribution is -2.55. The van der Waals surface area contributed by atoms with Gasteiger partial charge in [0.2, 0.25) is 0 Å². The molecule has 0 bridgehead atoms. The first-order valence-corrected chi connectivity index (χ1v) is 7.66. The van der Waals surface area contributed by atoms with Crippen molar-refractivity contribution in [2.24, 2.45) is 0 Å². The van der Waals surface area contributed by atoms with Crippen LogP contribution in [-0.2, 0) is 19.2 Å². The van der Waals surface area contributed by atoms with Crippen LogP contribution >= 0.6 is 0 Å². The summed E-state index contributed by atoms with van der Waals surface area (Å²) in [5, 5.41) is 0. The lowest BCUT2D eigenvalue weighted by atomic mass is 10.0. The first-order chi connectivity index (χ1) is 11.5. The van der Waals surface area contributed by atoms with Crippen LogP contribution in [0.25, 0.3) is 0 Å². The van der Waals surface area contributed by atoms with Crippen molar-refractivity contribution in [2.45, 2.75) is 38.8 Å². The summed E-state index contributed by atoms with van der Waals surface area (Å²) in [6.07, 6.45) is 0.880. The third-order valence-electron chi connectivity index (χ3n) is 4.61. The van der Waals surface area contributed by atoms with E-state index in [2.05, 4.69) is 0 Å². The molecule has 0 atom stereocenters. The Kier molecular flexibility index (Phi) is 4.41. The van der Waals surface area contributed by atoms with Crippen molar-refractivity contribution in [2.75, 3.05) is 19.8 Å². The molecule has 0 aromatic rings. The molecule has 2 saturated heterocycles. The Labute approximate surface area is 144 Å². The summed E-state index contributed by atoms with van der Waals surface area (Å²) < 4.78 is 0. The maximum Gasteiger partial charge on any atom is 0.329 e. The molecule has 0 aromatic carbocycles. The van der Waals surface area contributed by atoms with Crippen LogP contribution in [0.4, 0.5) is 9.59 Å². The first kappa shape index (κ1) is 18.6. The van der Waals surface area contributed by atoms with Crippen molar-refractivity contribution in [3.8, 4) is 0 Å². The highest BCUT2D eigenvalue weighted by Crippen LogP contribution is 2.32. The van der Waals surface area contributed by atoms with E-state index in [9.17, 15) is 28.8 Å². The van der Waals surface area contributed by atoms with Gasteiger partial charge < -0.3 is 9.59 Å². The van der Waals surface area contributed by atoms with Gasteiger partial charge in [-0.1, -0.05) is 0 Å². The van der Waals surface area contributed by atoms with Gasteiger partial charge in [-0.15, -0.1) is 0 Å². The number of hydrogen-bond acceptors (Lipinski definition) is 6. The quantitative estimate of drug-likeness (QED) is 0.467. The zero-order valence-corrected chi connectivity index (χ0v) is 14.5. The Morgan fingerprint density at radius 1 is 0.720 bits per heavy atom. The molecule has 0 saturated carbocycles. The molecule has 25 heavy (non-hydrogen) atoms. The summed E-state index contributed by atoms with van der Waals surface area (Å²) in [5.74, 6) is -1.13. The number of carbonyl (C=O) groups is 6. The summed E-state index contributed by atoms with van der Waals surface area (Å²) in [5.41, 5.74) is -2.56. The molecular weight excluding hydrogens is 332 g/mol. The number of carbonyl (C=O) groups excluding carboxylic acids is 6. The highest BCUT2D eigenvalue weighted by atomic mass is 16.2. The van der Waals surface area contributed by atoms with Gasteiger partial charge in [-0.2, -0.15) is 0 Å². The second-order valence-corrected chi connectivity index (χ2v) is 6.85. The minimum Gasteiger partial charge on any atom is -0.301 e. The van der Waals surface area contributed by atoms with E-state index in [1.165, 1.54) is 27.7 Å². The van der Waals surface area contributed by atoms with Crippen molar-refractivity contribution >= 4 is 36.4 Å². The Bertz CT molecular complexity index is 615. The molecule has 0 radical (unpaired) electrons. The van der Waals surface area contributed by atoms with Crippen LogP contribution in [0.1, 0.15) is 27.7 Å². The number of nitrogens with zero attached hydrogens (tertiary/aromatic N) is 4. The number of urea groups is 2. The van der Waals surface area contributed by atoms with Crippen LogP contribution in [-0.4, -0.2) is 86.9 Å². The molecule has 2 rings (SSSR count). The van der Waals surface area contributed by atoms with Crippen LogP contribution in [0.15, 0.2) is 0 Å². The first-order valence-electron chi connectivity index (χ1n) is 7.66. The molecule has 6 amide bonds. The van der Waals surface area contributed by atoms with E-state index in [-0.39, 0.29) is 19.8 Å². The summed E-state index contributed by atoms with van der Waals surface area (Å²) in [4.78, 5) is 75.0. The maximum atomic E-state index is 12.5.